The van der Waals surface area contributed by atoms with E-state index in [9.17, 15) is 14.0 Å². The Labute approximate surface area is 132 Å². The molecule has 2 aromatic rings. The van der Waals surface area contributed by atoms with Crippen LogP contribution in [-0.2, 0) is 0 Å². The zero-order valence-corrected chi connectivity index (χ0v) is 12.6. The second-order valence-electron chi connectivity index (χ2n) is 6.33. The maximum atomic E-state index is 13.4. The molecule has 3 heterocycles. The minimum absolute atomic E-state index is 0.121. The summed E-state index contributed by atoms with van der Waals surface area (Å²) in [5, 5.41) is 3.95. The molecule has 1 aromatic carbocycles. The van der Waals surface area contributed by atoms with E-state index in [0.29, 0.717) is 16.5 Å². The summed E-state index contributed by atoms with van der Waals surface area (Å²) in [6, 6.07) is 5.86. The lowest BCUT2D eigenvalue weighted by molar-refractivity contribution is 0.0682. The number of amides is 1. The van der Waals surface area contributed by atoms with E-state index in [1.54, 1.807) is 6.07 Å². The third kappa shape index (κ3) is 2.43. The predicted molar refractivity (Wildman–Crippen MR) is 85.0 cm³/mol. The lowest BCUT2D eigenvalue weighted by atomic mass is 10.1. The fraction of sp³-hybridized carbons (Fsp3) is 0.412. The van der Waals surface area contributed by atoms with Gasteiger partial charge >= 0.3 is 0 Å². The number of benzene rings is 1. The lowest BCUT2D eigenvalue weighted by Gasteiger charge is -2.28. The minimum atomic E-state index is -0.434. The molecule has 4 rings (SSSR count). The molecule has 0 spiro atoms. The van der Waals surface area contributed by atoms with E-state index in [1.165, 1.54) is 18.2 Å². The van der Waals surface area contributed by atoms with Gasteiger partial charge in [0, 0.05) is 30.1 Å². The SMILES string of the molecule is O=C(c1cc(=O)[nH]c2cc(F)ccc12)N1C2CCNCC1CC2. The van der Waals surface area contributed by atoms with Crippen LogP contribution in [0.25, 0.3) is 10.9 Å². The van der Waals surface area contributed by atoms with Crippen molar-refractivity contribution in [3.05, 3.63) is 46.0 Å². The monoisotopic (exact) mass is 315 g/mol. The van der Waals surface area contributed by atoms with Gasteiger partial charge in [-0.1, -0.05) is 0 Å². The van der Waals surface area contributed by atoms with E-state index in [-0.39, 0.29) is 23.6 Å². The number of halogens is 1. The van der Waals surface area contributed by atoms with E-state index >= 15 is 0 Å². The maximum Gasteiger partial charge on any atom is 0.255 e. The number of aromatic nitrogens is 1. The van der Waals surface area contributed by atoms with Crippen molar-refractivity contribution in [2.45, 2.75) is 31.3 Å². The topological polar surface area (TPSA) is 65.2 Å². The second kappa shape index (κ2) is 5.45. The van der Waals surface area contributed by atoms with Gasteiger partial charge in [0.25, 0.3) is 5.91 Å². The first-order valence-corrected chi connectivity index (χ1v) is 7.99. The van der Waals surface area contributed by atoms with E-state index in [4.69, 9.17) is 0 Å². The molecule has 0 aliphatic carbocycles. The molecule has 2 saturated heterocycles. The van der Waals surface area contributed by atoms with Gasteiger partial charge in [0.1, 0.15) is 5.82 Å². The average molecular weight is 315 g/mol. The van der Waals surface area contributed by atoms with Crippen LogP contribution in [0.1, 0.15) is 29.6 Å². The van der Waals surface area contributed by atoms with Gasteiger partial charge in [-0.3, -0.25) is 9.59 Å². The summed E-state index contributed by atoms with van der Waals surface area (Å²) >= 11 is 0. The molecule has 2 aliphatic rings. The Balaban J connectivity index is 1.82. The highest BCUT2D eigenvalue weighted by Crippen LogP contribution is 2.30. The zero-order chi connectivity index (χ0) is 16.0. The van der Waals surface area contributed by atoms with Crippen LogP contribution in [0.4, 0.5) is 4.39 Å². The van der Waals surface area contributed by atoms with Crippen molar-refractivity contribution in [2.75, 3.05) is 13.1 Å². The van der Waals surface area contributed by atoms with Crippen LogP contribution in [-0.4, -0.2) is 41.0 Å². The maximum absolute atomic E-state index is 13.4. The van der Waals surface area contributed by atoms with Gasteiger partial charge in [-0.15, -0.1) is 0 Å². The van der Waals surface area contributed by atoms with Crippen LogP contribution in [0, 0.1) is 5.82 Å². The number of H-pyrrole nitrogens is 1. The van der Waals surface area contributed by atoms with Crippen LogP contribution >= 0.6 is 0 Å². The van der Waals surface area contributed by atoms with E-state index in [2.05, 4.69) is 10.3 Å². The average Bonchev–Trinajstić information content (AvgIpc) is 2.78. The van der Waals surface area contributed by atoms with Crippen LogP contribution in [0.5, 0.6) is 0 Å². The fourth-order valence-electron chi connectivity index (χ4n) is 3.86. The zero-order valence-electron chi connectivity index (χ0n) is 12.6. The normalized spacial score (nSPS) is 24.0. The predicted octanol–water partition coefficient (Wildman–Crippen LogP) is 1.63. The second-order valence-corrected chi connectivity index (χ2v) is 6.33. The number of pyridine rings is 1. The first-order valence-electron chi connectivity index (χ1n) is 7.99. The Morgan fingerprint density at radius 2 is 2.00 bits per heavy atom. The number of carbonyl (C=O) groups is 1. The molecule has 0 saturated carbocycles. The third-order valence-electron chi connectivity index (χ3n) is 4.92. The summed E-state index contributed by atoms with van der Waals surface area (Å²) in [4.78, 5) is 29.5. The molecule has 120 valence electrons. The highest BCUT2D eigenvalue weighted by Gasteiger charge is 2.38. The van der Waals surface area contributed by atoms with Crippen molar-refractivity contribution in [3.8, 4) is 0 Å². The van der Waals surface area contributed by atoms with Gasteiger partial charge in [-0.05, 0) is 44.0 Å². The number of fused-ring (bicyclic) bond motifs is 3. The highest BCUT2D eigenvalue weighted by atomic mass is 19.1. The quantitative estimate of drug-likeness (QED) is 0.841. The minimum Gasteiger partial charge on any atom is -0.331 e. The van der Waals surface area contributed by atoms with Gasteiger partial charge in [0.2, 0.25) is 5.56 Å². The van der Waals surface area contributed by atoms with Gasteiger partial charge in [-0.2, -0.15) is 0 Å². The van der Waals surface area contributed by atoms with Crippen molar-refractivity contribution in [2.24, 2.45) is 0 Å². The molecule has 1 amide bonds. The van der Waals surface area contributed by atoms with Crippen LogP contribution < -0.4 is 10.9 Å². The number of rotatable bonds is 1. The summed E-state index contributed by atoms with van der Waals surface area (Å²) in [7, 11) is 0. The molecule has 2 unspecified atom stereocenters. The summed E-state index contributed by atoms with van der Waals surface area (Å²) in [5.74, 6) is -0.555. The molecule has 6 heteroatoms. The molecule has 23 heavy (non-hydrogen) atoms. The Hall–Kier alpha value is -2.21. The van der Waals surface area contributed by atoms with Crippen molar-refractivity contribution >= 4 is 16.8 Å². The summed E-state index contributed by atoms with van der Waals surface area (Å²) < 4.78 is 13.4. The smallest absolute Gasteiger partial charge is 0.255 e. The van der Waals surface area contributed by atoms with Gasteiger partial charge in [0.05, 0.1) is 11.1 Å². The van der Waals surface area contributed by atoms with E-state index in [1.807, 2.05) is 4.90 Å². The number of nitrogens with one attached hydrogen (secondary N) is 2. The first kappa shape index (κ1) is 14.4. The molecular formula is C17H18FN3O2. The Kier molecular flexibility index (Phi) is 3.41. The van der Waals surface area contributed by atoms with Crippen molar-refractivity contribution in [1.82, 2.24) is 15.2 Å². The van der Waals surface area contributed by atoms with Crippen molar-refractivity contribution < 1.29 is 9.18 Å². The Bertz CT molecular complexity index is 818. The summed E-state index contributed by atoms with van der Waals surface area (Å²) in [6.07, 6.45) is 2.92. The van der Waals surface area contributed by atoms with Crippen LogP contribution in [0.15, 0.2) is 29.1 Å². The number of hydrogen-bond donors (Lipinski definition) is 2. The molecule has 2 aliphatic heterocycles. The fourth-order valence-corrected chi connectivity index (χ4v) is 3.86. The number of nitrogens with zero attached hydrogens (tertiary/aromatic N) is 1. The molecule has 2 N–H and O–H groups in total. The standard InChI is InChI=1S/C17H18FN3O2/c18-10-1-4-13-14(8-16(22)20-15(13)7-10)17(23)21-11-2-3-12(21)9-19-6-5-11/h1,4,7-8,11-12,19H,2-3,5-6,9H2,(H,20,22). The largest absolute Gasteiger partial charge is 0.331 e. The molecule has 2 atom stereocenters. The molecule has 5 nitrogen and oxygen atoms in total. The molecule has 1 aromatic heterocycles. The van der Waals surface area contributed by atoms with Crippen LogP contribution in [0.2, 0.25) is 0 Å². The molecule has 2 bridgehead atoms. The highest BCUT2D eigenvalue weighted by molar-refractivity contribution is 6.06. The van der Waals surface area contributed by atoms with Gasteiger partial charge in [0.15, 0.2) is 0 Å². The van der Waals surface area contributed by atoms with Crippen molar-refractivity contribution in [3.63, 3.8) is 0 Å². The summed E-state index contributed by atoms with van der Waals surface area (Å²) in [6.45, 7) is 1.70. The lowest BCUT2D eigenvalue weighted by Crippen LogP contribution is -2.42. The number of aromatic amines is 1. The van der Waals surface area contributed by atoms with E-state index in [0.717, 1.165) is 32.4 Å². The number of carbonyl (C=O) groups excluding carboxylic acids is 1. The Morgan fingerprint density at radius 3 is 2.87 bits per heavy atom. The first-order chi connectivity index (χ1) is 11.1. The van der Waals surface area contributed by atoms with Crippen molar-refractivity contribution in [1.29, 1.82) is 0 Å². The molecular weight excluding hydrogens is 297 g/mol. The van der Waals surface area contributed by atoms with Gasteiger partial charge < -0.3 is 15.2 Å². The summed E-state index contributed by atoms with van der Waals surface area (Å²) in [5.41, 5.74) is 0.343. The number of hydrogen-bond acceptors (Lipinski definition) is 3. The van der Waals surface area contributed by atoms with E-state index < -0.39 is 5.82 Å². The molecule has 2 fully saturated rings. The third-order valence-corrected chi connectivity index (χ3v) is 4.92. The van der Waals surface area contributed by atoms with Crippen LogP contribution in [0.3, 0.4) is 0 Å². The molecule has 0 radical (unpaired) electrons. The van der Waals surface area contributed by atoms with Gasteiger partial charge in [-0.25, -0.2) is 4.39 Å². The Morgan fingerprint density at radius 1 is 1.17 bits per heavy atom.